The van der Waals surface area contributed by atoms with Gasteiger partial charge in [0, 0.05) is 57.3 Å². The number of carbonyl (C=O) groups is 10. The molecule has 3 aromatic carbocycles. The number of aliphatic hydroxyl groups is 3. The van der Waals surface area contributed by atoms with Crippen LogP contribution in [-0.4, -0.2) is 171 Å². The number of nitro benzene ring substituents is 1. The lowest BCUT2D eigenvalue weighted by atomic mass is 9.44. The van der Waals surface area contributed by atoms with Gasteiger partial charge in [0.2, 0.25) is 17.7 Å². The SMILES string of the molecule is CC(=O)O[C@H]1C(=O)[C@@]2(C)C([C@H](OC(=O)c3cccc([N+](=O)[O-])c3)[C@]3(O)C[C@H](OC(=O)[C@H](O)[C@@H](NC(=O)NC(C(=O)N4CCC[C@H]4C(=O)NCC(=O)NCCC(=O)OCc4ccccc4)C(C)C)c4ccccc4)C(C)=C1C3(C)C)[C@]1(OC(C)=O)CO[C@@H]1C[C@@H]2O. The van der Waals surface area contributed by atoms with Crippen LogP contribution in [0.3, 0.4) is 0 Å². The second kappa shape index (κ2) is 27.2. The first-order valence-electron chi connectivity index (χ1n) is 29.6. The third-order valence-corrected chi connectivity index (χ3v) is 18.1. The minimum Gasteiger partial charge on any atom is -0.461 e. The van der Waals surface area contributed by atoms with Crippen LogP contribution >= 0.6 is 0 Å². The molecule has 27 heteroatoms. The summed E-state index contributed by atoms with van der Waals surface area (Å²) in [7, 11) is 0. The molecule has 2 aliphatic heterocycles. The molecule has 2 saturated carbocycles. The second-order valence-electron chi connectivity index (χ2n) is 24.4. The molecule has 4 fully saturated rings. The Morgan fingerprint density at radius 2 is 1.56 bits per heavy atom. The van der Waals surface area contributed by atoms with E-state index in [2.05, 4.69) is 21.3 Å². The van der Waals surface area contributed by atoms with Crippen molar-refractivity contribution < 1.29 is 96.6 Å². The van der Waals surface area contributed by atoms with Gasteiger partial charge >= 0.3 is 35.9 Å². The lowest BCUT2D eigenvalue weighted by molar-refractivity contribution is -0.384. The maximum atomic E-state index is 15.8. The van der Waals surface area contributed by atoms with E-state index in [9.17, 15) is 68.6 Å². The van der Waals surface area contributed by atoms with Crippen molar-refractivity contribution in [2.75, 3.05) is 26.2 Å². The van der Waals surface area contributed by atoms with Crippen molar-refractivity contribution in [1.82, 2.24) is 26.2 Å². The number of rotatable bonds is 21. The maximum absolute atomic E-state index is 15.8. The lowest BCUT2D eigenvalue weighted by Gasteiger charge is -2.67. The zero-order valence-electron chi connectivity index (χ0n) is 51.1. The van der Waals surface area contributed by atoms with E-state index in [0.29, 0.717) is 6.42 Å². The predicted octanol–water partition coefficient (Wildman–Crippen LogP) is 2.89. The van der Waals surface area contributed by atoms with E-state index in [1.54, 1.807) is 56.3 Å². The molecular formula is C63H76N6O21. The Balaban J connectivity index is 1.04. The number of benzene rings is 3. The summed E-state index contributed by atoms with van der Waals surface area (Å²) in [5, 5.41) is 60.5. The first-order valence-corrected chi connectivity index (χ1v) is 29.6. The van der Waals surface area contributed by atoms with E-state index < -0.39 is 184 Å². The van der Waals surface area contributed by atoms with E-state index in [-0.39, 0.29) is 55.7 Å². The van der Waals surface area contributed by atoms with Crippen LogP contribution in [0.4, 0.5) is 10.5 Å². The third kappa shape index (κ3) is 13.4. The Morgan fingerprint density at radius 1 is 0.878 bits per heavy atom. The standard InChI is InChI=1S/C63H76N6O21/c1-33(2)48(56(78)68-26-16-23-41(68)55(77)65-30-45(73)64-25-24-46(74)85-31-37-17-11-9-12-18-37)66-59(81)67-49(38-19-13-10-14-20-38)50(75)58(80)88-42-29-63(82)54(89-57(79)39-21-15-22-40(27-39)69(83)84)52-61(8,43(72)28-44-62(52,32-86-44)90-36(5)71)53(76)51(87-35(4)70)47(34(42)3)60(63,6)7/h9-15,17-22,27,33,41-44,48-52,54,72,75,82H,16,23-26,28-32H2,1-8H3,(H,64,73)(H,65,77)(H2,66,67,81)/t41-,42-,43-,44+,48?,49-,50+,51+,52?,54-,61+,62-,63+/m0/s1. The smallest absolute Gasteiger partial charge is 0.338 e. The van der Waals surface area contributed by atoms with Crippen molar-refractivity contribution in [2.45, 2.75) is 160 Å². The summed E-state index contributed by atoms with van der Waals surface area (Å²) < 4.78 is 35.5. The number of hydrogen-bond donors (Lipinski definition) is 7. The van der Waals surface area contributed by atoms with E-state index >= 15 is 4.79 Å². The Kier molecular flexibility index (Phi) is 20.3. The summed E-state index contributed by atoms with van der Waals surface area (Å²) in [6.45, 7) is 10.1. The van der Waals surface area contributed by atoms with Crippen LogP contribution in [-0.2, 0) is 73.4 Å². The molecular weight excluding hydrogens is 1180 g/mol. The minimum absolute atomic E-state index is 0.00634. The van der Waals surface area contributed by atoms with Crippen molar-refractivity contribution in [3.8, 4) is 0 Å². The number of non-ortho nitro benzene ring substituents is 1. The number of nitrogens with one attached hydrogen (secondary N) is 4. The number of ketones is 1. The number of hydrogen-bond acceptors (Lipinski definition) is 21. The fourth-order valence-corrected chi connectivity index (χ4v) is 13.3. The fourth-order valence-electron chi connectivity index (χ4n) is 13.3. The van der Waals surface area contributed by atoms with Crippen LogP contribution < -0.4 is 21.3 Å². The van der Waals surface area contributed by atoms with E-state index in [1.165, 1.54) is 56.9 Å². The molecule has 5 aliphatic rings. The molecule has 2 heterocycles. The van der Waals surface area contributed by atoms with Gasteiger partial charge in [0.25, 0.3) is 5.69 Å². The number of amides is 5. The molecule has 484 valence electrons. The van der Waals surface area contributed by atoms with Gasteiger partial charge in [-0.3, -0.25) is 43.7 Å². The van der Waals surface area contributed by atoms with Crippen molar-refractivity contribution in [2.24, 2.45) is 22.7 Å². The molecule has 7 N–H and O–H groups in total. The summed E-state index contributed by atoms with van der Waals surface area (Å²) in [5.74, 6) is -10.5. The number of nitro groups is 1. The first-order chi connectivity index (χ1) is 42.5. The molecule has 13 atom stereocenters. The molecule has 2 bridgehead atoms. The van der Waals surface area contributed by atoms with Gasteiger partial charge in [-0.25, -0.2) is 14.4 Å². The van der Waals surface area contributed by atoms with E-state index in [1.807, 2.05) is 6.07 Å². The number of nitrogens with zero attached hydrogens (tertiary/aromatic N) is 2. The van der Waals surface area contributed by atoms with Crippen molar-refractivity contribution >= 4 is 65.1 Å². The highest BCUT2D eigenvalue weighted by Crippen LogP contribution is 2.64. The summed E-state index contributed by atoms with van der Waals surface area (Å²) in [6, 6.07) is 16.0. The molecule has 3 aliphatic carbocycles. The molecule has 90 heavy (non-hydrogen) atoms. The van der Waals surface area contributed by atoms with Gasteiger partial charge in [0.05, 0.1) is 53.5 Å². The van der Waals surface area contributed by atoms with Crippen LogP contribution in [0.5, 0.6) is 0 Å². The summed E-state index contributed by atoms with van der Waals surface area (Å²) in [4.78, 5) is 151. The first kappa shape index (κ1) is 67.3. The Bertz CT molecular complexity index is 3320. The zero-order valence-corrected chi connectivity index (χ0v) is 51.1. The normalized spacial score (nSPS) is 27.4. The van der Waals surface area contributed by atoms with Gasteiger partial charge in [0.15, 0.2) is 23.6 Å². The molecule has 0 spiro atoms. The van der Waals surface area contributed by atoms with Gasteiger partial charge in [-0.2, -0.15) is 0 Å². The molecule has 27 nitrogen and oxygen atoms in total. The number of ether oxygens (including phenoxy) is 6. The van der Waals surface area contributed by atoms with Crippen LogP contribution in [0.15, 0.2) is 96.1 Å². The number of urea groups is 1. The van der Waals surface area contributed by atoms with Crippen LogP contribution in [0.1, 0.15) is 115 Å². The molecule has 2 unspecified atom stereocenters. The predicted molar refractivity (Wildman–Crippen MR) is 312 cm³/mol. The highest BCUT2D eigenvalue weighted by molar-refractivity contribution is 5.96. The molecule has 8 rings (SSSR count). The largest absolute Gasteiger partial charge is 0.461 e. The van der Waals surface area contributed by atoms with E-state index in [4.69, 9.17) is 28.4 Å². The fraction of sp³-hybridized carbons (Fsp3) is 0.524. The van der Waals surface area contributed by atoms with Crippen molar-refractivity contribution in [3.63, 3.8) is 0 Å². The molecule has 2 saturated heterocycles. The lowest BCUT2D eigenvalue weighted by Crippen LogP contribution is -2.82. The number of likely N-dealkylation sites (tertiary alicyclic amines) is 1. The van der Waals surface area contributed by atoms with Gasteiger partial charge in [0.1, 0.15) is 42.6 Å². The van der Waals surface area contributed by atoms with Gasteiger partial charge in [-0.1, -0.05) is 94.4 Å². The number of aliphatic hydroxyl groups excluding tert-OH is 2. The number of esters is 5. The van der Waals surface area contributed by atoms with Gasteiger partial charge in [-0.15, -0.1) is 0 Å². The summed E-state index contributed by atoms with van der Waals surface area (Å²) in [6.07, 6.45) is -11.7. The van der Waals surface area contributed by atoms with Gasteiger partial charge < -0.3 is 69.9 Å². The monoisotopic (exact) mass is 1250 g/mol. The third-order valence-electron chi connectivity index (χ3n) is 18.1. The number of fused-ring (bicyclic) bond motifs is 5. The molecule has 3 aromatic rings. The zero-order chi connectivity index (χ0) is 65.8. The average Bonchev–Trinajstić information content (AvgIpc) is 0.685. The molecule has 5 amide bonds. The highest BCUT2D eigenvalue weighted by Gasteiger charge is 2.78. The quantitative estimate of drug-likeness (QED) is 0.0265. The Morgan fingerprint density at radius 3 is 2.18 bits per heavy atom. The van der Waals surface area contributed by atoms with Crippen molar-refractivity contribution in [1.29, 1.82) is 0 Å². The molecule has 0 aromatic heterocycles. The second-order valence-corrected chi connectivity index (χ2v) is 24.4. The van der Waals surface area contributed by atoms with Crippen LogP contribution in [0.2, 0.25) is 0 Å². The minimum atomic E-state index is -2.65. The molecule has 0 radical (unpaired) electrons. The topological polar surface area (TPSA) is 381 Å². The van der Waals surface area contributed by atoms with Gasteiger partial charge in [-0.05, 0) is 60.9 Å². The number of carbonyl (C=O) groups excluding carboxylic acids is 10. The average molecular weight is 1250 g/mol. The number of Topliss-reactive ketones (excluding diaryl/α,β-unsaturated/α-hetero) is 1. The van der Waals surface area contributed by atoms with Crippen LogP contribution in [0.25, 0.3) is 0 Å². The summed E-state index contributed by atoms with van der Waals surface area (Å²) in [5.41, 5.74) is -8.89. The van der Waals surface area contributed by atoms with Crippen molar-refractivity contribution in [3.05, 3.63) is 123 Å². The Labute approximate surface area is 518 Å². The Hall–Kier alpha value is -8.66. The maximum Gasteiger partial charge on any atom is 0.338 e. The van der Waals surface area contributed by atoms with E-state index in [0.717, 1.165) is 31.5 Å². The van der Waals surface area contributed by atoms with Crippen LogP contribution in [0, 0.1) is 32.8 Å². The highest BCUT2D eigenvalue weighted by atomic mass is 16.6. The summed E-state index contributed by atoms with van der Waals surface area (Å²) >= 11 is 0.